The molecular weight excluding hydrogens is 217 g/mol. The number of halogens is 3. The Labute approximate surface area is 92.7 Å². The molecule has 0 aromatic carbocycles. The minimum Gasteiger partial charge on any atom is -0.383 e. The Kier molecular flexibility index (Phi) is 3.17. The molecule has 90 valence electrons. The first-order valence-electron chi connectivity index (χ1n) is 4.92. The molecule has 0 aliphatic rings. The van der Waals surface area contributed by atoms with Gasteiger partial charge >= 0.3 is 6.18 Å². The Hall–Kier alpha value is -1.26. The maximum absolute atomic E-state index is 12.7. The minimum absolute atomic E-state index is 0.0373. The fraction of sp³-hybridized carbons (Fsp3) is 0.545. The highest BCUT2D eigenvalue weighted by molar-refractivity contribution is 5.46. The Bertz CT molecular complexity index is 378. The molecule has 0 saturated carbocycles. The summed E-state index contributed by atoms with van der Waals surface area (Å²) in [6.07, 6.45) is -3.04. The van der Waals surface area contributed by atoms with Crippen LogP contribution in [0.3, 0.4) is 0 Å². The van der Waals surface area contributed by atoms with Crippen molar-refractivity contribution in [2.75, 3.05) is 5.73 Å². The van der Waals surface area contributed by atoms with Gasteiger partial charge in [-0.15, -0.1) is 0 Å². The van der Waals surface area contributed by atoms with Crippen molar-refractivity contribution in [2.24, 2.45) is 5.41 Å². The van der Waals surface area contributed by atoms with Crippen LogP contribution >= 0.6 is 0 Å². The Morgan fingerprint density at radius 3 is 2.25 bits per heavy atom. The molecular formula is C11H15F3N2. The van der Waals surface area contributed by atoms with Gasteiger partial charge in [0.25, 0.3) is 0 Å². The van der Waals surface area contributed by atoms with E-state index in [-0.39, 0.29) is 23.2 Å². The monoisotopic (exact) mass is 232 g/mol. The highest BCUT2D eigenvalue weighted by atomic mass is 19.4. The lowest BCUT2D eigenvalue weighted by molar-refractivity contribution is -0.138. The van der Waals surface area contributed by atoms with Crippen LogP contribution < -0.4 is 5.73 Å². The third-order valence-corrected chi connectivity index (χ3v) is 2.10. The predicted octanol–water partition coefficient (Wildman–Crippen LogP) is 3.27. The average Bonchev–Trinajstić information content (AvgIpc) is 2.04. The van der Waals surface area contributed by atoms with Crippen molar-refractivity contribution in [2.45, 2.75) is 33.4 Å². The van der Waals surface area contributed by atoms with E-state index in [9.17, 15) is 13.2 Å². The van der Waals surface area contributed by atoms with Gasteiger partial charge in [-0.25, -0.2) is 4.98 Å². The average molecular weight is 232 g/mol. The second-order valence-electron chi connectivity index (χ2n) is 4.96. The van der Waals surface area contributed by atoms with Gasteiger partial charge in [0.15, 0.2) is 0 Å². The zero-order valence-corrected chi connectivity index (χ0v) is 9.52. The number of nitrogens with zero attached hydrogens (tertiary/aromatic N) is 1. The summed E-state index contributed by atoms with van der Waals surface area (Å²) in [5, 5.41) is 0. The van der Waals surface area contributed by atoms with Gasteiger partial charge in [-0.2, -0.15) is 13.2 Å². The van der Waals surface area contributed by atoms with E-state index in [0.29, 0.717) is 0 Å². The van der Waals surface area contributed by atoms with Crippen LogP contribution in [0.25, 0.3) is 0 Å². The van der Waals surface area contributed by atoms with Crippen molar-refractivity contribution in [1.29, 1.82) is 0 Å². The first-order chi connectivity index (χ1) is 7.11. The van der Waals surface area contributed by atoms with Crippen molar-refractivity contribution >= 4 is 5.82 Å². The Balaban J connectivity index is 3.25. The van der Waals surface area contributed by atoms with Gasteiger partial charge in [0.1, 0.15) is 5.82 Å². The molecule has 0 radical (unpaired) electrons. The number of aromatic nitrogens is 1. The molecule has 0 atom stereocenters. The number of anilines is 1. The molecule has 0 unspecified atom stereocenters. The summed E-state index contributed by atoms with van der Waals surface area (Å²) in [7, 11) is 0. The van der Waals surface area contributed by atoms with Crippen molar-refractivity contribution < 1.29 is 13.2 Å². The van der Waals surface area contributed by atoms with Crippen LogP contribution in [0.15, 0.2) is 12.3 Å². The van der Waals surface area contributed by atoms with Crippen LogP contribution in [0.5, 0.6) is 0 Å². The summed E-state index contributed by atoms with van der Waals surface area (Å²) in [6, 6.07) is 0.970. The molecule has 0 aliphatic heterocycles. The highest BCUT2D eigenvalue weighted by Gasteiger charge is 2.35. The SMILES string of the molecule is CC(C)(C)Cc1c(C(F)(F)F)ccnc1N. The van der Waals surface area contributed by atoms with E-state index in [1.165, 1.54) is 0 Å². The molecule has 0 amide bonds. The first kappa shape index (κ1) is 12.8. The van der Waals surface area contributed by atoms with Crippen LogP contribution in [0.2, 0.25) is 0 Å². The van der Waals surface area contributed by atoms with E-state index in [2.05, 4.69) is 4.98 Å². The van der Waals surface area contributed by atoms with Crippen LogP contribution in [0.1, 0.15) is 31.9 Å². The normalized spacial score (nSPS) is 12.9. The summed E-state index contributed by atoms with van der Waals surface area (Å²) in [5.74, 6) is -0.0373. The number of alkyl halides is 3. The van der Waals surface area contributed by atoms with E-state index >= 15 is 0 Å². The number of hydrogen-bond donors (Lipinski definition) is 1. The second kappa shape index (κ2) is 3.96. The zero-order valence-electron chi connectivity index (χ0n) is 9.52. The second-order valence-corrected chi connectivity index (χ2v) is 4.96. The lowest BCUT2D eigenvalue weighted by Gasteiger charge is -2.22. The van der Waals surface area contributed by atoms with E-state index in [1.807, 2.05) is 20.8 Å². The van der Waals surface area contributed by atoms with Gasteiger partial charge in [-0.3, -0.25) is 0 Å². The standard InChI is InChI=1S/C11H15F3N2/c1-10(2,3)6-7-8(11(12,13)14)4-5-16-9(7)15/h4-5H,6H2,1-3H3,(H2,15,16). The largest absolute Gasteiger partial charge is 0.416 e. The molecule has 16 heavy (non-hydrogen) atoms. The number of rotatable bonds is 1. The number of nitrogens with two attached hydrogens (primary N) is 1. The van der Waals surface area contributed by atoms with Crippen LogP contribution in [0.4, 0.5) is 19.0 Å². The molecule has 1 heterocycles. The lowest BCUT2D eigenvalue weighted by atomic mass is 9.86. The first-order valence-corrected chi connectivity index (χ1v) is 4.92. The summed E-state index contributed by atoms with van der Waals surface area (Å²) in [6.45, 7) is 5.58. The van der Waals surface area contributed by atoms with E-state index < -0.39 is 11.7 Å². The summed E-state index contributed by atoms with van der Waals surface area (Å²) >= 11 is 0. The number of pyridine rings is 1. The Morgan fingerprint density at radius 1 is 1.25 bits per heavy atom. The van der Waals surface area contributed by atoms with Crippen molar-refractivity contribution in [3.8, 4) is 0 Å². The maximum Gasteiger partial charge on any atom is 0.416 e. The fourth-order valence-corrected chi connectivity index (χ4v) is 1.49. The maximum atomic E-state index is 12.7. The van der Waals surface area contributed by atoms with Gasteiger partial charge in [-0.1, -0.05) is 20.8 Å². The van der Waals surface area contributed by atoms with Crippen molar-refractivity contribution in [3.63, 3.8) is 0 Å². The molecule has 0 bridgehead atoms. The van der Waals surface area contributed by atoms with E-state index in [1.54, 1.807) is 0 Å². The molecule has 0 spiro atoms. The topological polar surface area (TPSA) is 38.9 Å². The molecule has 1 aromatic heterocycles. The Morgan fingerprint density at radius 2 is 1.81 bits per heavy atom. The minimum atomic E-state index is -4.38. The molecule has 2 nitrogen and oxygen atoms in total. The zero-order chi connectivity index (χ0) is 12.6. The third-order valence-electron chi connectivity index (χ3n) is 2.10. The molecule has 0 aliphatic carbocycles. The molecule has 5 heteroatoms. The number of hydrogen-bond acceptors (Lipinski definition) is 2. The van der Waals surface area contributed by atoms with Gasteiger partial charge < -0.3 is 5.73 Å². The molecule has 1 aromatic rings. The smallest absolute Gasteiger partial charge is 0.383 e. The molecule has 0 fully saturated rings. The molecule has 1 rings (SSSR count). The van der Waals surface area contributed by atoms with Crippen LogP contribution in [-0.2, 0) is 12.6 Å². The number of nitrogen functional groups attached to an aromatic ring is 1. The highest BCUT2D eigenvalue weighted by Crippen LogP contribution is 2.36. The third kappa shape index (κ3) is 3.12. The predicted molar refractivity (Wildman–Crippen MR) is 56.8 cm³/mol. The fourth-order valence-electron chi connectivity index (χ4n) is 1.49. The van der Waals surface area contributed by atoms with Crippen molar-refractivity contribution in [1.82, 2.24) is 4.98 Å². The quantitative estimate of drug-likeness (QED) is 0.807. The lowest BCUT2D eigenvalue weighted by Crippen LogP contribution is -2.18. The van der Waals surface area contributed by atoms with Gasteiger partial charge in [0, 0.05) is 11.8 Å². The summed E-state index contributed by atoms with van der Waals surface area (Å²) in [5.41, 5.74) is 4.65. The van der Waals surface area contributed by atoms with Crippen molar-refractivity contribution in [3.05, 3.63) is 23.4 Å². The van der Waals surface area contributed by atoms with Gasteiger partial charge in [0.05, 0.1) is 5.56 Å². The van der Waals surface area contributed by atoms with Gasteiger partial charge in [0.2, 0.25) is 0 Å². The molecule has 2 N–H and O–H groups in total. The summed E-state index contributed by atoms with van der Waals surface area (Å²) < 4.78 is 38.2. The van der Waals surface area contributed by atoms with Crippen LogP contribution in [0, 0.1) is 5.41 Å². The summed E-state index contributed by atoms with van der Waals surface area (Å²) in [4.78, 5) is 3.72. The van der Waals surface area contributed by atoms with Crippen LogP contribution in [-0.4, -0.2) is 4.98 Å². The van der Waals surface area contributed by atoms with E-state index in [4.69, 9.17) is 5.73 Å². The molecule has 0 saturated heterocycles. The van der Waals surface area contributed by atoms with E-state index in [0.717, 1.165) is 12.3 Å². The van der Waals surface area contributed by atoms with Gasteiger partial charge in [-0.05, 0) is 17.9 Å².